The molecule has 5 nitrogen and oxygen atoms in total. The van der Waals surface area contributed by atoms with Crippen molar-refractivity contribution in [2.24, 2.45) is 0 Å². The molecule has 0 fully saturated rings. The molecule has 0 aliphatic heterocycles. The molecule has 1 unspecified atom stereocenters. The first-order chi connectivity index (χ1) is 9.58. The normalized spacial score (nSPS) is 11.4. The molecule has 0 radical (unpaired) electrons. The Hall–Kier alpha value is -2.39. The number of hydrogen-bond acceptors (Lipinski definition) is 5. The highest BCUT2D eigenvalue weighted by molar-refractivity contribution is 7.13. The summed E-state index contributed by atoms with van der Waals surface area (Å²) in [7, 11) is 0. The largest absolute Gasteiger partial charge is 0.481 e. The van der Waals surface area contributed by atoms with E-state index in [0.717, 1.165) is 5.69 Å². The van der Waals surface area contributed by atoms with E-state index in [4.69, 9.17) is 10.00 Å². The molecule has 6 heteroatoms. The zero-order valence-corrected chi connectivity index (χ0v) is 11.9. The molecule has 2 aromatic rings. The van der Waals surface area contributed by atoms with Gasteiger partial charge in [-0.1, -0.05) is 0 Å². The van der Waals surface area contributed by atoms with Crippen LogP contribution in [-0.2, 0) is 4.79 Å². The lowest BCUT2D eigenvalue weighted by atomic mass is 10.2. The minimum atomic E-state index is -0.646. The van der Waals surface area contributed by atoms with E-state index in [0.29, 0.717) is 16.4 Å². The Morgan fingerprint density at radius 1 is 1.45 bits per heavy atom. The fraction of sp³-hybridized carbons (Fsp3) is 0.214. The van der Waals surface area contributed by atoms with Crippen LogP contribution in [0.25, 0.3) is 0 Å². The van der Waals surface area contributed by atoms with Crippen LogP contribution < -0.4 is 10.1 Å². The van der Waals surface area contributed by atoms with E-state index in [1.54, 1.807) is 31.2 Å². The first-order valence-corrected chi connectivity index (χ1v) is 6.86. The van der Waals surface area contributed by atoms with Crippen molar-refractivity contribution >= 4 is 22.4 Å². The molecule has 1 aromatic heterocycles. The zero-order chi connectivity index (χ0) is 14.5. The summed E-state index contributed by atoms with van der Waals surface area (Å²) in [6.07, 6.45) is -0.646. The van der Waals surface area contributed by atoms with Crippen LogP contribution in [0.5, 0.6) is 5.75 Å². The number of nitrogens with zero attached hydrogens (tertiary/aromatic N) is 2. The van der Waals surface area contributed by atoms with Crippen molar-refractivity contribution < 1.29 is 9.53 Å². The smallest absolute Gasteiger partial charge is 0.266 e. The number of rotatable bonds is 4. The molecule has 0 spiro atoms. The zero-order valence-electron chi connectivity index (χ0n) is 11.1. The van der Waals surface area contributed by atoms with Crippen molar-refractivity contribution in [2.45, 2.75) is 20.0 Å². The third kappa shape index (κ3) is 3.56. The average Bonchev–Trinajstić information content (AvgIpc) is 2.85. The lowest BCUT2D eigenvalue weighted by Crippen LogP contribution is -2.30. The molecule has 1 N–H and O–H groups in total. The summed E-state index contributed by atoms with van der Waals surface area (Å²) in [4.78, 5) is 16.1. The van der Waals surface area contributed by atoms with E-state index in [2.05, 4.69) is 10.3 Å². The fourth-order valence-corrected chi connectivity index (χ4v) is 2.18. The van der Waals surface area contributed by atoms with Gasteiger partial charge < -0.3 is 4.74 Å². The van der Waals surface area contributed by atoms with Gasteiger partial charge in [0.05, 0.1) is 17.3 Å². The Balaban J connectivity index is 1.95. The second-order valence-corrected chi connectivity index (χ2v) is 5.04. The quantitative estimate of drug-likeness (QED) is 0.938. The number of ether oxygens (including phenoxy) is 1. The maximum absolute atomic E-state index is 11.9. The number of carbonyl (C=O) groups is 1. The van der Waals surface area contributed by atoms with Crippen LogP contribution in [0.3, 0.4) is 0 Å². The van der Waals surface area contributed by atoms with E-state index >= 15 is 0 Å². The predicted molar refractivity (Wildman–Crippen MR) is 76.7 cm³/mol. The Morgan fingerprint density at radius 3 is 2.70 bits per heavy atom. The number of aromatic nitrogens is 1. The molecule has 20 heavy (non-hydrogen) atoms. The van der Waals surface area contributed by atoms with E-state index < -0.39 is 6.10 Å². The minimum absolute atomic E-state index is 0.260. The number of nitrogens with one attached hydrogen (secondary N) is 1. The maximum Gasteiger partial charge on any atom is 0.266 e. The van der Waals surface area contributed by atoms with Gasteiger partial charge in [-0.15, -0.1) is 11.3 Å². The number of nitriles is 1. The van der Waals surface area contributed by atoms with Crippen molar-refractivity contribution in [1.29, 1.82) is 5.26 Å². The Bertz CT molecular complexity index is 643. The van der Waals surface area contributed by atoms with Gasteiger partial charge in [-0.05, 0) is 38.1 Å². The van der Waals surface area contributed by atoms with Crippen LogP contribution in [0.1, 0.15) is 18.2 Å². The number of benzene rings is 1. The number of hydrogen-bond donors (Lipinski definition) is 1. The Kier molecular flexibility index (Phi) is 4.33. The summed E-state index contributed by atoms with van der Waals surface area (Å²) < 4.78 is 5.51. The standard InChI is InChI=1S/C14H13N3O2S/c1-9-8-20-14(16-9)17-13(18)10(2)19-12-5-3-11(7-15)4-6-12/h3-6,8,10H,1-2H3,(H,16,17,18). The van der Waals surface area contributed by atoms with Gasteiger partial charge >= 0.3 is 0 Å². The Morgan fingerprint density at radius 2 is 2.15 bits per heavy atom. The number of anilines is 1. The summed E-state index contributed by atoms with van der Waals surface area (Å²) in [6, 6.07) is 8.63. The van der Waals surface area contributed by atoms with Crippen molar-refractivity contribution in [1.82, 2.24) is 4.98 Å². The molecular weight excluding hydrogens is 274 g/mol. The molecule has 102 valence electrons. The van der Waals surface area contributed by atoms with E-state index in [-0.39, 0.29) is 5.91 Å². The van der Waals surface area contributed by atoms with Crippen LogP contribution in [0.4, 0.5) is 5.13 Å². The number of thiazole rings is 1. The molecule has 1 aromatic carbocycles. The lowest BCUT2D eigenvalue weighted by molar-refractivity contribution is -0.122. The summed E-state index contributed by atoms with van der Waals surface area (Å²) in [5.41, 5.74) is 1.42. The first-order valence-electron chi connectivity index (χ1n) is 5.98. The summed E-state index contributed by atoms with van der Waals surface area (Å²) >= 11 is 1.37. The summed E-state index contributed by atoms with van der Waals surface area (Å²) in [5, 5.41) is 13.8. The summed E-state index contributed by atoms with van der Waals surface area (Å²) in [6.45, 7) is 3.52. The van der Waals surface area contributed by atoms with Gasteiger partial charge in [0.1, 0.15) is 5.75 Å². The van der Waals surface area contributed by atoms with E-state index in [9.17, 15) is 4.79 Å². The highest BCUT2D eigenvalue weighted by Gasteiger charge is 2.16. The Labute approximate surface area is 120 Å². The fourth-order valence-electron chi connectivity index (χ4n) is 1.48. The van der Waals surface area contributed by atoms with Gasteiger partial charge in [-0.2, -0.15) is 5.26 Å². The van der Waals surface area contributed by atoms with Gasteiger partial charge in [-0.25, -0.2) is 4.98 Å². The van der Waals surface area contributed by atoms with Crippen molar-refractivity contribution in [3.8, 4) is 11.8 Å². The highest BCUT2D eigenvalue weighted by atomic mass is 32.1. The monoisotopic (exact) mass is 287 g/mol. The molecule has 0 saturated carbocycles. The van der Waals surface area contributed by atoms with Crippen molar-refractivity contribution in [3.63, 3.8) is 0 Å². The molecule has 0 aliphatic rings. The number of amides is 1. The maximum atomic E-state index is 11.9. The lowest BCUT2D eigenvalue weighted by Gasteiger charge is -2.13. The second-order valence-electron chi connectivity index (χ2n) is 4.18. The van der Waals surface area contributed by atoms with Crippen molar-refractivity contribution in [2.75, 3.05) is 5.32 Å². The van der Waals surface area contributed by atoms with Gasteiger partial charge in [0.15, 0.2) is 11.2 Å². The minimum Gasteiger partial charge on any atom is -0.481 e. The van der Waals surface area contributed by atoms with Gasteiger partial charge in [-0.3, -0.25) is 10.1 Å². The van der Waals surface area contributed by atoms with Crippen LogP contribution in [0.2, 0.25) is 0 Å². The molecule has 0 aliphatic carbocycles. The topological polar surface area (TPSA) is 75.0 Å². The van der Waals surface area contributed by atoms with Crippen molar-refractivity contribution in [3.05, 3.63) is 40.9 Å². The molecule has 1 amide bonds. The first kappa shape index (κ1) is 14.0. The number of carbonyl (C=O) groups excluding carboxylic acids is 1. The van der Waals surface area contributed by atoms with Crippen LogP contribution >= 0.6 is 11.3 Å². The van der Waals surface area contributed by atoms with Gasteiger partial charge in [0, 0.05) is 5.38 Å². The van der Waals surface area contributed by atoms with Gasteiger partial charge in [0.2, 0.25) is 0 Å². The van der Waals surface area contributed by atoms with Crippen LogP contribution in [0.15, 0.2) is 29.6 Å². The molecule has 1 heterocycles. The molecular formula is C14H13N3O2S. The molecule has 2 rings (SSSR count). The highest BCUT2D eigenvalue weighted by Crippen LogP contribution is 2.17. The van der Waals surface area contributed by atoms with Gasteiger partial charge in [0.25, 0.3) is 5.91 Å². The third-order valence-corrected chi connectivity index (χ3v) is 3.39. The van der Waals surface area contributed by atoms with Crippen LogP contribution in [-0.4, -0.2) is 17.0 Å². The van der Waals surface area contributed by atoms with E-state index in [1.165, 1.54) is 11.3 Å². The van der Waals surface area contributed by atoms with Crippen LogP contribution in [0, 0.1) is 18.3 Å². The third-order valence-electron chi connectivity index (χ3n) is 2.51. The number of aryl methyl sites for hydroxylation is 1. The average molecular weight is 287 g/mol. The molecule has 0 saturated heterocycles. The molecule has 1 atom stereocenters. The SMILES string of the molecule is Cc1csc(NC(=O)C(C)Oc2ccc(C#N)cc2)n1. The summed E-state index contributed by atoms with van der Waals surface area (Å²) in [5.74, 6) is 0.283. The van der Waals surface area contributed by atoms with E-state index in [1.807, 2.05) is 18.4 Å². The molecule has 0 bridgehead atoms. The second kappa shape index (κ2) is 6.17. The predicted octanol–water partition coefficient (Wildman–Crippen LogP) is 2.73.